The lowest BCUT2D eigenvalue weighted by molar-refractivity contribution is 0.101. The summed E-state index contributed by atoms with van der Waals surface area (Å²) in [6.45, 7) is 3.54. The maximum Gasteiger partial charge on any atom is 0.161 e. The molecule has 64 valence electrons. The van der Waals surface area contributed by atoms with Gasteiger partial charge in [-0.1, -0.05) is 15.9 Å². The summed E-state index contributed by atoms with van der Waals surface area (Å²) < 4.78 is 2.01. The first-order valence-electron chi connectivity index (χ1n) is 3.49. The molecule has 0 aliphatic rings. The zero-order valence-corrected chi connectivity index (χ0v) is 10.6. The topological polar surface area (TPSA) is 17.1 Å². The Bertz CT molecular complexity index is 334. The van der Waals surface area contributed by atoms with Crippen LogP contribution in [-0.4, -0.2) is 5.78 Å². The van der Waals surface area contributed by atoms with Crippen molar-refractivity contribution in [3.63, 3.8) is 0 Å². The largest absolute Gasteiger partial charge is 0.294 e. The molecule has 0 aliphatic heterocycles. The zero-order valence-electron chi connectivity index (χ0n) is 6.82. The molecule has 0 amide bonds. The lowest BCUT2D eigenvalue weighted by Crippen LogP contribution is -2.00. The van der Waals surface area contributed by atoms with Crippen molar-refractivity contribution < 1.29 is 4.79 Å². The summed E-state index contributed by atoms with van der Waals surface area (Å²) in [6.07, 6.45) is 0. The summed E-state index contributed by atoms with van der Waals surface area (Å²) in [5.41, 5.74) is 1.85. The fraction of sp³-hybridized carbons (Fsp3) is 0.222. The summed E-state index contributed by atoms with van der Waals surface area (Å²) in [5, 5.41) is 0. The van der Waals surface area contributed by atoms with Gasteiger partial charge in [-0.15, -0.1) is 0 Å². The summed E-state index contributed by atoms with van der Waals surface area (Å²) >= 11 is 5.57. The Morgan fingerprint density at radius 3 is 2.50 bits per heavy atom. The van der Waals surface area contributed by atoms with Crippen molar-refractivity contribution in [1.29, 1.82) is 0 Å². The van der Waals surface area contributed by atoms with Gasteiger partial charge in [0.15, 0.2) is 5.78 Å². The molecule has 0 saturated carbocycles. The van der Waals surface area contributed by atoms with Gasteiger partial charge in [-0.25, -0.2) is 0 Å². The quantitative estimate of drug-likeness (QED) is 0.565. The van der Waals surface area contributed by atoms with E-state index in [0.717, 1.165) is 19.2 Å². The molecule has 0 aliphatic carbocycles. The maximum atomic E-state index is 11.2. The number of halogens is 2. The van der Waals surface area contributed by atoms with Crippen molar-refractivity contribution in [1.82, 2.24) is 0 Å². The van der Waals surface area contributed by atoms with E-state index in [0.29, 0.717) is 0 Å². The van der Waals surface area contributed by atoms with Crippen molar-refractivity contribution >= 4 is 44.3 Å². The Morgan fingerprint density at radius 2 is 2.08 bits per heavy atom. The van der Waals surface area contributed by atoms with E-state index in [1.54, 1.807) is 6.92 Å². The third kappa shape index (κ3) is 1.88. The molecule has 1 aromatic carbocycles. The molecule has 1 rings (SSSR count). The average Bonchev–Trinajstić information content (AvgIpc) is 1.97. The molecule has 0 atom stereocenters. The van der Waals surface area contributed by atoms with Crippen LogP contribution in [0, 0.1) is 10.5 Å². The molecule has 0 bridgehead atoms. The first-order valence-corrected chi connectivity index (χ1v) is 5.36. The Balaban J connectivity index is 3.43. The number of hydrogen-bond acceptors (Lipinski definition) is 1. The number of hydrogen-bond donors (Lipinski definition) is 0. The molecule has 1 nitrogen and oxygen atoms in total. The normalized spacial score (nSPS) is 10.0. The molecule has 0 unspecified atom stereocenters. The van der Waals surface area contributed by atoms with Crippen LogP contribution in [0.5, 0.6) is 0 Å². The van der Waals surface area contributed by atoms with Crippen LogP contribution in [0.4, 0.5) is 0 Å². The Hall–Kier alpha value is 0.1000. The van der Waals surface area contributed by atoms with Gasteiger partial charge in [-0.05, 0) is 54.1 Å². The van der Waals surface area contributed by atoms with E-state index in [4.69, 9.17) is 0 Å². The fourth-order valence-corrected chi connectivity index (χ4v) is 2.38. The standard InChI is InChI=1S/C9H8BrIO/c1-5-7(10)3-4-8(11)9(5)6(2)12/h3-4H,1-2H3. The van der Waals surface area contributed by atoms with Crippen molar-refractivity contribution in [2.75, 3.05) is 0 Å². The SMILES string of the molecule is CC(=O)c1c(I)ccc(Br)c1C. The third-order valence-corrected chi connectivity index (χ3v) is 3.46. The highest BCUT2D eigenvalue weighted by molar-refractivity contribution is 14.1. The molecule has 1 aromatic rings. The van der Waals surface area contributed by atoms with E-state index in [-0.39, 0.29) is 5.78 Å². The smallest absolute Gasteiger partial charge is 0.161 e. The summed E-state index contributed by atoms with van der Waals surface area (Å²) in [7, 11) is 0. The number of carbonyl (C=O) groups excluding carboxylic acids is 1. The number of carbonyl (C=O) groups is 1. The predicted molar refractivity (Wildman–Crippen MR) is 61.6 cm³/mol. The fourth-order valence-electron chi connectivity index (χ4n) is 1.09. The number of rotatable bonds is 1. The van der Waals surface area contributed by atoms with Gasteiger partial charge in [0.1, 0.15) is 0 Å². The lowest BCUT2D eigenvalue weighted by atomic mass is 10.1. The molecular formula is C9H8BrIO. The minimum atomic E-state index is 0.123. The molecule has 0 spiro atoms. The number of ketones is 1. The van der Waals surface area contributed by atoms with Gasteiger partial charge in [-0.2, -0.15) is 0 Å². The van der Waals surface area contributed by atoms with Crippen LogP contribution in [0.25, 0.3) is 0 Å². The van der Waals surface area contributed by atoms with Crippen LogP contribution in [0.3, 0.4) is 0 Å². The van der Waals surface area contributed by atoms with E-state index >= 15 is 0 Å². The average molecular weight is 339 g/mol. The van der Waals surface area contributed by atoms with Crippen LogP contribution in [-0.2, 0) is 0 Å². The Labute approximate surface area is 93.8 Å². The molecule has 3 heteroatoms. The summed E-state index contributed by atoms with van der Waals surface area (Å²) in [6, 6.07) is 3.90. The molecule has 12 heavy (non-hydrogen) atoms. The zero-order chi connectivity index (χ0) is 9.30. The van der Waals surface area contributed by atoms with Crippen LogP contribution in [0.15, 0.2) is 16.6 Å². The van der Waals surface area contributed by atoms with Crippen LogP contribution in [0.1, 0.15) is 22.8 Å². The number of benzene rings is 1. The second kappa shape index (κ2) is 3.87. The van der Waals surface area contributed by atoms with E-state index in [1.807, 2.05) is 19.1 Å². The van der Waals surface area contributed by atoms with Gasteiger partial charge in [0.2, 0.25) is 0 Å². The molecular weight excluding hydrogens is 331 g/mol. The van der Waals surface area contributed by atoms with Gasteiger partial charge < -0.3 is 0 Å². The molecule has 0 fully saturated rings. The molecule has 0 radical (unpaired) electrons. The van der Waals surface area contributed by atoms with Crippen molar-refractivity contribution in [3.05, 3.63) is 31.3 Å². The van der Waals surface area contributed by atoms with Gasteiger partial charge in [0, 0.05) is 13.6 Å². The highest BCUT2D eigenvalue weighted by Crippen LogP contribution is 2.24. The van der Waals surface area contributed by atoms with Gasteiger partial charge in [0.05, 0.1) is 0 Å². The minimum absolute atomic E-state index is 0.123. The lowest BCUT2D eigenvalue weighted by Gasteiger charge is -2.06. The third-order valence-electron chi connectivity index (χ3n) is 1.70. The van der Waals surface area contributed by atoms with E-state index < -0.39 is 0 Å². The Morgan fingerprint density at radius 1 is 1.50 bits per heavy atom. The van der Waals surface area contributed by atoms with E-state index in [1.165, 1.54) is 0 Å². The predicted octanol–water partition coefficient (Wildman–Crippen LogP) is 3.56. The first-order chi connectivity index (χ1) is 5.54. The number of Topliss-reactive ketones (excluding diaryl/α,β-unsaturated/α-hetero) is 1. The second-order valence-electron chi connectivity index (χ2n) is 2.59. The van der Waals surface area contributed by atoms with E-state index in [2.05, 4.69) is 38.5 Å². The first kappa shape index (κ1) is 10.2. The maximum absolute atomic E-state index is 11.2. The molecule has 0 saturated heterocycles. The van der Waals surface area contributed by atoms with Crippen molar-refractivity contribution in [2.24, 2.45) is 0 Å². The molecule has 0 heterocycles. The van der Waals surface area contributed by atoms with Crippen molar-refractivity contribution in [3.8, 4) is 0 Å². The van der Waals surface area contributed by atoms with Gasteiger partial charge in [-0.3, -0.25) is 4.79 Å². The Kier molecular flexibility index (Phi) is 3.29. The van der Waals surface area contributed by atoms with Crippen LogP contribution < -0.4 is 0 Å². The van der Waals surface area contributed by atoms with Crippen LogP contribution >= 0.6 is 38.5 Å². The second-order valence-corrected chi connectivity index (χ2v) is 4.60. The van der Waals surface area contributed by atoms with Gasteiger partial charge in [0.25, 0.3) is 0 Å². The van der Waals surface area contributed by atoms with E-state index in [9.17, 15) is 4.79 Å². The highest BCUT2D eigenvalue weighted by atomic mass is 127. The summed E-state index contributed by atoms with van der Waals surface area (Å²) in [4.78, 5) is 11.2. The highest BCUT2D eigenvalue weighted by Gasteiger charge is 2.10. The minimum Gasteiger partial charge on any atom is -0.294 e. The molecule has 0 N–H and O–H groups in total. The molecule has 0 aromatic heterocycles. The van der Waals surface area contributed by atoms with Crippen molar-refractivity contribution in [2.45, 2.75) is 13.8 Å². The summed E-state index contributed by atoms with van der Waals surface area (Å²) in [5.74, 6) is 0.123. The van der Waals surface area contributed by atoms with Crippen LogP contribution in [0.2, 0.25) is 0 Å². The van der Waals surface area contributed by atoms with Gasteiger partial charge >= 0.3 is 0 Å². The monoisotopic (exact) mass is 338 g/mol.